The van der Waals surface area contributed by atoms with Gasteiger partial charge in [-0.1, -0.05) is 25.1 Å². The number of hydrogen-bond donors (Lipinski definition) is 3. The molecule has 10 heteroatoms. The Morgan fingerprint density at radius 1 is 1.02 bits per heavy atom. The van der Waals surface area contributed by atoms with Crippen LogP contribution < -0.4 is 16.0 Å². The van der Waals surface area contributed by atoms with Crippen molar-refractivity contribution in [2.24, 2.45) is 0 Å². The molecule has 0 bridgehead atoms. The maximum Gasteiger partial charge on any atom is 0.251 e. The number of aromatic nitrogens is 4. The number of nitrogens with one attached hydrogen (secondary N) is 3. The summed E-state index contributed by atoms with van der Waals surface area (Å²) in [5.41, 5.74) is 4.18. The molecule has 0 aliphatic carbocycles. The molecule has 206 valence electrons. The van der Waals surface area contributed by atoms with Gasteiger partial charge in [-0.3, -0.25) is 14.6 Å². The highest BCUT2D eigenvalue weighted by atomic mass is 16.2. The van der Waals surface area contributed by atoms with Gasteiger partial charge in [-0.2, -0.15) is 0 Å². The molecule has 4 heterocycles. The van der Waals surface area contributed by atoms with Crippen molar-refractivity contribution < 1.29 is 9.59 Å². The minimum Gasteiger partial charge on any atom is -0.369 e. The molecule has 4 aromatic rings. The largest absolute Gasteiger partial charge is 0.369 e. The van der Waals surface area contributed by atoms with Crippen LogP contribution in [0.3, 0.4) is 0 Å². The number of para-hydroxylation sites is 1. The number of anilines is 2. The van der Waals surface area contributed by atoms with Gasteiger partial charge in [-0.25, -0.2) is 15.0 Å². The van der Waals surface area contributed by atoms with E-state index in [4.69, 9.17) is 0 Å². The maximum absolute atomic E-state index is 12.3. The van der Waals surface area contributed by atoms with Crippen LogP contribution in [0.25, 0.3) is 22.2 Å². The van der Waals surface area contributed by atoms with Gasteiger partial charge in [0.15, 0.2) is 0 Å². The van der Waals surface area contributed by atoms with Gasteiger partial charge in [0.1, 0.15) is 18.0 Å². The van der Waals surface area contributed by atoms with Crippen LogP contribution in [0.4, 0.5) is 11.6 Å². The molecular weight excluding hydrogens is 504 g/mol. The number of benzene rings is 1. The van der Waals surface area contributed by atoms with Gasteiger partial charge in [0, 0.05) is 75.0 Å². The minimum atomic E-state index is -0.128. The van der Waals surface area contributed by atoms with E-state index in [0.717, 1.165) is 65.3 Å². The third-order valence-corrected chi connectivity index (χ3v) is 7.41. The first-order chi connectivity index (χ1) is 19.4. The Morgan fingerprint density at radius 3 is 2.58 bits per heavy atom. The molecule has 2 amide bonds. The van der Waals surface area contributed by atoms with Crippen molar-refractivity contribution >= 4 is 34.4 Å². The number of carbonyl (C=O) groups excluding carboxylic acids is 2. The minimum absolute atomic E-state index is 0.115. The fraction of sp³-hybridized carbons (Fsp3) is 0.333. The van der Waals surface area contributed by atoms with Crippen LogP contribution in [0.2, 0.25) is 0 Å². The third-order valence-electron chi connectivity index (χ3n) is 7.41. The molecule has 0 saturated carbocycles. The number of pyridine rings is 2. The zero-order valence-corrected chi connectivity index (χ0v) is 23.0. The molecule has 0 radical (unpaired) electrons. The highest BCUT2D eigenvalue weighted by molar-refractivity contribution is 6.06. The number of amides is 2. The van der Waals surface area contributed by atoms with Gasteiger partial charge in [-0.05, 0) is 36.6 Å². The molecule has 10 nitrogen and oxygen atoms in total. The molecule has 1 fully saturated rings. The molecule has 1 aliphatic heterocycles. The maximum atomic E-state index is 12.3. The highest BCUT2D eigenvalue weighted by Gasteiger charge is 2.21. The summed E-state index contributed by atoms with van der Waals surface area (Å²) in [6, 6.07) is 13.9. The number of hydrogen-bond acceptors (Lipinski definition) is 8. The number of likely N-dealkylation sites (tertiary alicyclic amines) is 1. The van der Waals surface area contributed by atoms with Gasteiger partial charge in [0.25, 0.3) is 5.91 Å². The first-order valence-corrected chi connectivity index (χ1v) is 13.6. The van der Waals surface area contributed by atoms with E-state index in [1.165, 1.54) is 0 Å². The predicted octanol–water partition coefficient (Wildman–Crippen LogP) is 4.08. The quantitative estimate of drug-likeness (QED) is 0.306. The van der Waals surface area contributed by atoms with E-state index in [9.17, 15) is 9.59 Å². The Kier molecular flexibility index (Phi) is 8.14. The Morgan fingerprint density at radius 2 is 1.85 bits per heavy atom. The fourth-order valence-corrected chi connectivity index (χ4v) is 5.09. The summed E-state index contributed by atoms with van der Waals surface area (Å²) in [7, 11) is 1.63. The molecule has 1 aromatic carbocycles. The summed E-state index contributed by atoms with van der Waals surface area (Å²) in [4.78, 5) is 43.8. The first kappa shape index (κ1) is 27.0. The Balaban J connectivity index is 1.23. The molecule has 1 saturated heterocycles. The molecule has 1 aliphatic rings. The van der Waals surface area contributed by atoms with E-state index in [0.29, 0.717) is 18.2 Å². The normalized spacial score (nSPS) is 14.5. The average Bonchev–Trinajstić information content (AvgIpc) is 2.99. The number of carbonyl (C=O) groups is 2. The third kappa shape index (κ3) is 6.01. The summed E-state index contributed by atoms with van der Waals surface area (Å²) < 4.78 is 0. The smallest absolute Gasteiger partial charge is 0.251 e. The number of rotatable bonds is 8. The number of fused-ring (bicyclic) bond motifs is 1. The number of piperidine rings is 1. The van der Waals surface area contributed by atoms with Crippen LogP contribution >= 0.6 is 0 Å². The molecule has 5 rings (SSSR count). The number of nitrogens with zero attached hydrogens (tertiary/aromatic N) is 5. The second-order valence-corrected chi connectivity index (χ2v) is 10.1. The lowest BCUT2D eigenvalue weighted by Crippen LogP contribution is -2.41. The standard InChI is InChI=1S/C30H34N8O2/c1-19(23-5-4-6-24-25(30(40)31-3)9-12-32-29(23)24)16-33-28-15-26(35-18-36-28)21-7-8-27(34-17-21)37-22-10-13-38(14-11-22)20(2)39/h4-9,12,15,17-19,22H,10-11,13-14,16H2,1-3H3,(H,31,40)(H,34,37)(H,33,35,36)/t19-/m1/s1. The second kappa shape index (κ2) is 12.1. The van der Waals surface area contributed by atoms with E-state index < -0.39 is 0 Å². The summed E-state index contributed by atoms with van der Waals surface area (Å²) in [5.74, 6) is 1.65. The fourth-order valence-electron chi connectivity index (χ4n) is 5.09. The van der Waals surface area contributed by atoms with Crippen molar-refractivity contribution in [2.45, 2.75) is 38.6 Å². The van der Waals surface area contributed by atoms with Crippen molar-refractivity contribution in [3.8, 4) is 11.3 Å². The van der Waals surface area contributed by atoms with Gasteiger partial charge >= 0.3 is 0 Å². The Labute approximate surface area is 233 Å². The van der Waals surface area contributed by atoms with Crippen molar-refractivity contribution in [1.82, 2.24) is 30.2 Å². The first-order valence-electron chi connectivity index (χ1n) is 13.6. The summed E-state index contributed by atoms with van der Waals surface area (Å²) >= 11 is 0. The second-order valence-electron chi connectivity index (χ2n) is 10.1. The molecular formula is C30H34N8O2. The van der Waals surface area contributed by atoms with E-state index in [1.807, 2.05) is 41.4 Å². The highest BCUT2D eigenvalue weighted by Crippen LogP contribution is 2.27. The summed E-state index contributed by atoms with van der Waals surface area (Å²) in [5, 5.41) is 10.4. The molecule has 3 N–H and O–H groups in total. The lowest BCUT2D eigenvalue weighted by atomic mass is 9.96. The van der Waals surface area contributed by atoms with E-state index in [1.54, 1.807) is 32.6 Å². The van der Waals surface area contributed by atoms with Crippen molar-refractivity contribution in [1.29, 1.82) is 0 Å². The predicted molar refractivity (Wildman–Crippen MR) is 156 cm³/mol. The zero-order chi connectivity index (χ0) is 28.1. The van der Waals surface area contributed by atoms with Crippen LogP contribution in [-0.2, 0) is 4.79 Å². The summed E-state index contributed by atoms with van der Waals surface area (Å²) in [6.07, 6.45) is 6.86. The lowest BCUT2D eigenvalue weighted by Gasteiger charge is -2.31. The van der Waals surface area contributed by atoms with Crippen LogP contribution in [0.1, 0.15) is 48.5 Å². The van der Waals surface area contributed by atoms with Crippen molar-refractivity contribution in [3.63, 3.8) is 0 Å². The van der Waals surface area contributed by atoms with Crippen LogP contribution in [0, 0.1) is 0 Å². The summed E-state index contributed by atoms with van der Waals surface area (Å²) in [6.45, 7) is 5.92. The van der Waals surface area contributed by atoms with Gasteiger partial charge < -0.3 is 20.9 Å². The molecule has 0 spiro atoms. The van der Waals surface area contributed by atoms with E-state index in [2.05, 4.69) is 48.9 Å². The van der Waals surface area contributed by atoms with Gasteiger partial charge in [0.05, 0.1) is 16.8 Å². The molecule has 3 aromatic heterocycles. The van der Waals surface area contributed by atoms with Crippen LogP contribution in [-0.4, -0.2) is 69.4 Å². The van der Waals surface area contributed by atoms with E-state index in [-0.39, 0.29) is 17.7 Å². The topological polar surface area (TPSA) is 125 Å². The Hall–Kier alpha value is -4.60. The van der Waals surface area contributed by atoms with E-state index >= 15 is 0 Å². The molecule has 0 unspecified atom stereocenters. The van der Waals surface area contributed by atoms with Crippen molar-refractivity contribution in [2.75, 3.05) is 37.3 Å². The lowest BCUT2D eigenvalue weighted by molar-refractivity contribution is -0.129. The van der Waals surface area contributed by atoms with Gasteiger partial charge in [0.2, 0.25) is 5.91 Å². The van der Waals surface area contributed by atoms with Crippen LogP contribution in [0.5, 0.6) is 0 Å². The molecule has 1 atom stereocenters. The SMILES string of the molecule is CNC(=O)c1ccnc2c([C@H](C)CNc3cc(-c4ccc(NC5CCN(C(C)=O)CC5)nc4)ncn3)cccc12. The van der Waals surface area contributed by atoms with Crippen LogP contribution in [0.15, 0.2) is 61.2 Å². The Bertz CT molecular complexity index is 1500. The monoisotopic (exact) mass is 538 g/mol. The van der Waals surface area contributed by atoms with Crippen molar-refractivity contribution in [3.05, 3.63) is 72.3 Å². The average molecular weight is 539 g/mol. The van der Waals surface area contributed by atoms with Gasteiger partial charge in [-0.15, -0.1) is 0 Å². The molecule has 40 heavy (non-hydrogen) atoms. The zero-order valence-electron chi connectivity index (χ0n) is 23.0.